The van der Waals surface area contributed by atoms with Gasteiger partial charge < -0.3 is 15.5 Å². The number of fused-ring (bicyclic) bond motifs is 1. The molecule has 1 aromatic heterocycles. The molecule has 0 atom stereocenters. The number of carbonyl (C=O) groups is 1. The SMILES string of the molecule is CN(C)c1nc(N[C@H]2CC[C@@H](NC(=O)c3ccc(Cl)c(Cl)c3)CC2)nc2cc(F)c(F)cc12. The fourth-order valence-corrected chi connectivity index (χ4v) is 4.28. The molecule has 0 radical (unpaired) electrons. The first-order valence-corrected chi connectivity index (χ1v) is 11.3. The first-order valence-electron chi connectivity index (χ1n) is 10.6. The van der Waals surface area contributed by atoms with Crippen molar-refractivity contribution < 1.29 is 13.6 Å². The lowest BCUT2D eigenvalue weighted by atomic mass is 9.91. The summed E-state index contributed by atoms with van der Waals surface area (Å²) in [6, 6.07) is 7.14. The molecule has 1 heterocycles. The minimum Gasteiger partial charge on any atom is -0.362 e. The molecule has 1 amide bonds. The second-order valence-corrected chi connectivity index (χ2v) is 9.16. The Labute approximate surface area is 200 Å². The van der Waals surface area contributed by atoms with Crippen LogP contribution in [0.25, 0.3) is 10.9 Å². The van der Waals surface area contributed by atoms with Crippen LogP contribution in [0.1, 0.15) is 36.0 Å². The highest BCUT2D eigenvalue weighted by Crippen LogP contribution is 2.28. The first kappa shape index (κ1) is 23.4. The van der Waals surface area contributed by atoms with Crippen molar-refractivity contribution in [3.8, 4) is 0 Å². The van der Waals surface area contributed by atoms with Crippen LogP contribution in [0.3, 0.4) is 0 Å². The normalized spacial score (nSPS) is 18.2. The minimum atomic E-state index is -0.949. The second kappa shape index (κ2) is 9.65. The van der Waals surface area contributed by atoms with E-state index in [1.165, 1.54) is 0 Å². The number of benzene rings is 2. The number of hydrogen-bond acceptors (Lipinski definition) is 5. The number of carbonyl (C=O) groups excluding carboxylic acids is 1. The Morgan fingerprint density at radius 3 is 2.30 bits per heavy atom. The molecule has 2 aromatic carbocycles. The predicted octanol–water partition coefficient (Wildman–Crippen LogP) is 5.43. The molecule has 0 bridgehead atoms. The van der Waals surface area contributed by atoms with Crippen LogP contribution in [-0.2, 0) is 0 Å². The van der Waals surface area contributed by atoms with Crippen molar-refractivity contribution in [2.45, 2.75) is 37.8 Å². The van der Waals surface area contributed by atoms with Gasteiger partial charge >= 0.3 is 0 Å². The van der Waals surface area contributed by atoms with Gasteiger partial charge in [-0.25, -0.2) is 13.8 Å². The van der Waals surface area contributed by atoms with Crippen LogP contribution in [0.15, 0.2) is 30.3 Å². The molecule has 10 heteroatoms. The molecule has 174 valence electrons. The molecule has 0 saturated heterocycles. The summed E-state index contributed by atoms with van der Waals surface area (Å²) < 4.78 is 27.5. The number of rotatable bonds is 5. The third-order valence-electron chi connectivity index (χ3n) is 5.72. The number of nitrogens with zero attached hydrogens (tertiary/aromatic N) is 3. The minimum absolute atomic E-state index is 0.0388. The van der Waals surface area contributed by atoms with Gasteiger partial charge in [0.1, 0.15) is 5.82 Å². The van der Waals surface area contributed by atoms with E-state index in [0.717, 1.165) is 37.8 Å². The maximum atomic E-state index is 13.8. The summed E-state index contributed by atoms with van der Waals surface area (Å²) >= 11 is 11.9. The van der Waals surface area contributed by atoms with Gasteiger partial charge in [0.25, 0.3) is 5.91 Å². The Hall–Kier alpha value is -2.71. The summed E-state index contributed by atoms with van der Waals surface area (Å²) in [5.41, 5.74) is 0.798. The Bertz CT molecular complexity index is 1200. The molecule has 1 aliphatic rings. The van der Waals surface area contributed by atoms with E-state index in [-0.39, 0.29) is 18.0 Å². The van der Waals surface area contributed by atoms with Gasteiger partial charge in [-0.15, -0.1) is 0 Å². The Kier molecular flexibility index (Phi) is 6.86. The van der Waals surface area contributed by atoms with Gasteiger partial charge in [-0.2, -0.15) is 4.98 Å². The molecule has 0 spiro atoms. The summed E-state index contributed by atoms with van der Waals surface area (Å²) in [7, 11) is 3.57. The van der Waals surface area contributed by atoms with Crippen LogP contribution < -0.4 is 15.5 Å². The van der Waals surface area contributed by atoms with E-state index in [4.69, 9.17) is 23.2 Å². The zero-order valence-electron chi connectivity index (χ0n) is 18.1. The van der Waals surface area contributed by atoms with E-state index >= 15 is 0 Å². The van der Waals surface area contributed by atoms with Crippen molar-refractivity contribution in [2.24, 2.45) is 0 Å². The summed E-state index contributed by atoms with van der Waals surface area (Å²) in [5, 5.41) is 7.54. The van der Waals surface area contributed by atoms with Crippen LogP contribution in [0.4, 0.5) is 20.5 Å². The third kappa shape index (κ3) is 5.28. The van der Waals surface area contributed by atoms with Crippen LogP contribution in [0, 0.1) is 11.6 Å². The van der Waals surface area contributed by atoms with Crippen LogP contribution in [0.5, 0.6) is 0 Å². The molecule has 0 aliphatic heterocycles. The summed E-state index contributed by atoms with van der Waals surface area (Å²) in [6.07, 6.45) is 3.14. The van der Waals surface area contributed by atoms with E-state index in [9.17, 15) is 13.6 Å². The number of aromatic nitrogens is 2. The van der Waals surface area contributed by atoms with Crippen molar-refractivity contribution in [1.82, 2.24) is 15.3 Å². The summed E-state index contributed by atoms with van der Waals surface area (Å²) in [4.78, 5) is 23.2. The lowest BCUT2D eigenvalue weighted by molar-refractivity contribution is 0.0926. The first-order chi connectivity index (χ1) is 15.7. The zero-order valence-corrected chi connectivity index (χ0v) is 19.6. The van der Waals surface area contributed by atoms with Crippen molar-refractivity contribution in [3.05, 3.63) is 57.6 Å². The third-order valence-corrected chi connectivity index (χ3v) is 6.46. The summed E-state index contributed by atoms with van der Waals surface area (Å²) in [6.45, 7) is 0. The van der Waals surface area contributed by atoms with Gasteiger partial charge in [0, 0.05) is 43.2 Å². The molecule has 1 saturated carbocycles. The lowest BCUT2D eigenvalue weighted by Crippen LogP contribution is -2.40. The molecular weight excluding hydrogens is 471 g/mol. The quantitative estimate of drug-likeness (QED) is 0.495. The van der Waals surface area contributed by atoms with E-state index in [1.807, 2.05) is 0 Å². The molecule has 3 aromatic rings. The van der Waals surface area contributed by atoms with Gasteiger partial charge in [-0.1, -0.05) is 23.2 Å². The van der Waals surface area contributed by atoms with E-state index in [0.29, 0.717) is 38.3 Å². The van der Waals surface area contributed by atoms with Crippen LogP contribution in [0.2, 0.25) is 10.0 Å². The van der Waals surface area contributed by atoms with Gasteiger partial charge in [0.15, 0.2) is 11.6 Å². The smallest absolute Gasteiger partial charge is 0.251 e. The highest BCUT2D eigenvalue weighted by atomic mass is 35.5. The maximum Gasteiger partial charge on any atom is 0.251 e. The Morgan fingerprint density at radius 2 is 1.64 bits per heavy atom. The van der Waals surface area contributed by atoms with Crippen LogP contribution >= 0.6 is 23.2 Å². The molecular formula is C23H23Cl2F2N5O. The molecule has 0 unspecified atom stereocenters. The van der Waals surface area contributed by atoms with Crippen LogP contribution in [-0.4, -0.2) is 42.1 Å². The van der Waals surface area contributed by atoms with Gasteiger partial charge in [0.2, 0.25) is 5.95 Å². The summed E-state index contributed by atoms with van der Waals surface area (Å²) in [5.74, 6) is -1.21. The molecule has 1 aliphatic carbocycles. The average Bonchev–Trinajstić information content (AvgIpc) is 2.77. The van der Waals surface area contributed by atoms with Crippen molar-refractivity contribution in [2.75, 3.05) is 24.3 Å². The highest BCUT2D eigenvalue weighted by Gasteiger charge is 2.24. The fraction of sp³-hybridized carbons (Fsp3) is 0.348. The largest absolute Gasteiger partial charge is 0.362 e. The predicted molar refractivity (Wildman–Crippen MR) is 127 cm³/mol. The number of halogens is 4. The average molecular weight is 494 g/mol. The Morgan fingerprint density at radius 1 is 0.970 bits per heavy atom. The standard InChI is InChI=1S/C23H23Cl2F2N5O/c1-32(2)21-15-10-18(26)19(27)11-20(15)30-23(31-21)29-14-6-4-13(5-7-14)28-22(33)12-3-8-16(24)17(25)9-12/h3,8-11,13-14H,4-7H2,1-2H3,(H,28,33)(H,29,30,31)/t13-,14+. The van der Waals surface area contributed by atoms with E-state index < -0.39 is 11.6 Å². The van der Waals surface area contributed by atoms with Crippen molar-refractivity contribution >= 4 is 51.8 Å². The number of hydrogen-bond donors (Lipinski definition) is 2. The number of amides is 1. The molecule has 33 heavy (non-hydrogen) atoms. The van der Waals surface area contributed by atoms with Gasteiger partial charge in [0.05, 0.1) is 15.6 Å². The molecule has 2 N–H and O–H groups in total. The maximum absolute atomic E-state index is 13.8. The number of nitrogens with one attached hydrogen (secondary N) is 2. The molecule has 1 fully saturated rings. The lowest BCUT2D eigenvalue weighted by Gasteiger charge is -2.30. The zero-order chi connectivity index (χ0) is 23.7. The van der Waals surface area contributed by atoms with E-state index in [1.54, 1.807) is 37.2 Å². The molecule has 6 nitrogen and oxygen atoms in total. The van der Waals surface area contributed by atoms with Gasteiger partial charge in [-0.05, 0) is 49.9 Å². The van der Waals surface area contributed by atoms with Crippen molar-refractivity contribution in [3.63, 3.8) is 0 Å². The Balaban J connectivity index is 1.41. The van der Waals surface area contributed by atoms with Gasteiger partial charge in [-0.3, -0.25) is 4.79 Å². The fourth-order valence-electron chi connectivity index (χ4n) is 3.98. The number of anilines is 2. The topological polar surface area (TPSA) is 70.2 Å². The molecule has 4 rings (SSSR count). The van der Waals surface area contributed by atoms with Crippen molar-refractivity contribution in [1.29, 1.82) is 0 Å². The van der Waals surface area contributed by atoms with E-state index in [2.05, 4.69) is 20.6 Å². The monoisotopic (exact) mass is 493 g/mol. The highest BCUT2D eigenvalue weighted by molar-refractivity contribution is 6.42. The second-order valence-electron chi connectivity index (χ2n) is 8.34.